The quantitative estimate of drug-likeness (QED) is 0.821. The highest BCUT2D eigenvalue weighted by Gasteiger charge is 2.35. The first kappa shape index (κ1) is 11.9. The maximum atomic E-state index is 11.8. The lowest BCUT2D eigenvalue weighted by Gasteiger charge is -2.16. The number of halogens is 1. The smallest absolute Gasteiger partial charge is 0.235 e. The van der Waals surface area contributed by atoms with Crippen molar-refractivity contribution in [1.82, 2.24) is 4.90 Å². The van der Waals surface area contributed by atoms with E-state index in [9.17, 15) is 9.59 Å². The first-order valence-corrected chi connectivity index (χ1v) is 5.78. The summed E-state index contributed by atoms with van der Waals surface area (Å²) in [7, 11) is 0. The summed E-state index contributed by atoms with van der Waals surface area (Å²) in [5.41, 5.74) is 6.15. The number of nitrogens with zero attached hydrogens (tertiary/aromatic N) is 1. The Hall–Kier alpha value is -1.55. The second kappa shape index (κ2) is 4.75. The fourth-order valence-electron chi connectivity index (χ4n) is 1.97. The molecule has 2 N–H and O–H groups in total. The molecule has 5 heteroatoms. The van der Waals surface area contributed by atoms with Crippen molar-refractivity contribution < 1.29 is 9.59 Å². The van der Waals surface area contributed by atoms with Crippen LogP contribution in [0.2, 0.25) is 5.02 Å². The lowest BCUT2D eigenvalue weighted by atomic mass is 10.1. The van der Waals surface area contributed by atoms with Gasteiger partial charge in [-0.2, -0.15) is 0 Å². The summed E-state index contributed by atoms with van der Waals surface area (Å²) in [5, 5.41) is 0.663. The number of benzene rings is 1. The highest BCUT2D eigenvalue weighted by atomic mass is 35.5. The van der Waals surface area contributed by atoms with Crippen LogP contribution < -0.4 is 5.73 Å². The first-order valence-electron chi connectivity index (χ1n) is 5.40. The van der Waals surface area contributed by atoms with Gasteiger partial charge in [-0.1, -0.05) is 23.7 Å². The summed E-state index contributed by atoms with van der Waals surface area (Å²) in [5.74, 6) is -1.36. The van der Waals surface area contributed by atoms with E-state index in [1.54, 1.807) is 17.0 Å². The molecule has 0 saturated carbocycles. The molecule has 17 heavy (non-hydrogen) atoms. The molecule has 1 unspecified atom stereocenters. The van der Waals surface area contributed by atoms with E-state index in [4.69, 9.17) is 17.3 Å². The average Bonchev–Trinajstić information content (AvgIpc) is 2.64. The number of hydrogen-bond acceptors (Lipinski definition) is 2. The molecule has 1 atom stereocenters. The van der Waals surface area contributed by atoms with E-state index < -0.39 is 11.8 Å². The van der Waals surface area contributed by atoms with Crippen LogP contribution in [0.5, 0.6) is 0 Å². The maximum absolute atomic E-state index is 11.8. The third-order valence-electron chi connectivity index (χ3n) is 2.93. The SMILES string of the molecule is NC(=O)C1CCN(Cc2ccc(Cl)cc2)C1=O. The van der Waals surface area contributed by atoms with Crippen molar-refractivity contribution in [2.75, 3.05) is 6.54 Å². The van der Waals surface area contributed by atoms with Crippen LogP contribution in [0.4, 0.5) is 0 Å². The predicted octanol–water partition coefficient (Wildman–Crippen LogP) is 1.17. The second-order valence-electron chi connectivity index (χ2n) is 4.13. The van der Waals surface area contributed by atoms with Crippen LogP contribution in [0.15, 0.2) is 24.3 Å². The Morgan fingerprint density at radius 3 is 2.59 bits per heavy atom. The molecule has 1 heterocycles. The number of carbonyl (C=O) groups excluding carboxylic acids is 2. The van der Waals surface area contributed by atoms with Gasteiger partial charge in [0.1, 0.15) is 5.92 Å². The zero-order valence-corrected chi connectivity index (χ0v) is 9.98. The molecule has 1 saturated heterocycles. The largest absolute Gasteiger partial charge is 0.369 e. The summed E-state index contributed by atoms with van der Waals surface area (Å²) < 4.78 is 0. The Balaban J connectivity index is 2.03. The van der Waals surface area contributed by atoms with Gasteiger partial charge >= 0.3 is 0 Å². The molecule has 1 aliphatic rings. The lowest BCUT2D eigenvalue weighted by molar-refractivity contribution is -0.136. The van der Waals surface area contributed by atoms with Crippen LogP contribution in [-0.4, -0.2) is 23.3 Å². The molecular weight excluding hydrogens is 240 g/mol. The summed E-state index contributed by atoms with van der Waals surface area (Å²) in [6.45, 7) is 1.08. The molecule has 1 aromatic rings. The Labute approximate surface area is 104 Å². The van der Waals surface area contributed by atoms with E-state index >= 15 is 0 Å². The summed E-state index contributed by atoms with van der Waals surface area (Å²) in [4.78, 5) is 24.5. The third kappa shape index (κ3) is 2.58. The Kier molecular flexibility index (Phi) is 3.33. The molecule has 0 aromatic heterocycles. The van der Waals surface area contributed by atoms with Gasteiger partial charge in [0, 0.05) is 18.1 Å². The number of nitrogens with two attached hydrogens (primary N) is 1. The molecular formula is C12H13ClN2O2. The van der Waals surface area contributed by atoms with E-state index in [1.165, 1.54) is 0 Å². The molecule has 1 fully saturated rings. The van der Waals surface area contributed by atoms with Gasteiger partial charge in [-0.25, -0.2) is 0 Å². The van der Waals surface area contributed by atoms with Crippen molar-refractivity contribution in [2.45, 2.75) is 13.0 Å². The minimum absolute atomic E-state index is 0.174. The van der Waals surface area contributed by atoms with Gasteiger partial charge < -0.3 is 10.6 Å². The van der Waals surface area contributed by atoms with E-state index in [2.05, 4.69) is 0 Å². The van der Waals surface area contributed by atoms with E-state index in [0.717, 1.165) is 5.56 Å². The van der Waals surface area contributed by atoms with Gasteiger partial charge in [0.25, 0.3) is 0 Å². The molecule has 90 valence electrons. The van der Waals surface area contributed by atoms with Crippen molar-refractivity contribution in [3.8, 4) is 0 Å². The van der Waals surface area contributed by atoms with E-state index in [-0.39, 0.29) is 5.91 Å². The van der Waals surface area contributed by atoms with Crippen LogP contribution >= 0.6 is 11.6 Å². The Morgan fingerprint density at radius 1 is 1.41 bits per heavy atom. The van der Waals surface area contributed by atoms with Gasteiger partial charge in [-0.05, 0) is 24.1 Å². The van der Waals surface area contributed by atoms with Gasteiger partial charge in [0.05, 0.1) is 0 Å². The molecule has 0 spiro atoms. The lowest BCUT2D eigenvalue weighted by Crippen LogP contribution is -2.33. The predicted molar refractivity (Wildman–Crippen MR) is 64.2 cm³/mol. The second-order valence-corrected chi connectivity index (χ2v) is 4.57. The van der Waals surface area contributed by atoms with Crippen LogP contribution in [0.25, 0.3) is 0 Å². The Morgan fingerprint density at radius 2 is 2.06 bits per heavy atom. The number of likely N-dealkylation sites (tertiary alicyclic amines) is 1. The van der Waals surface area contributed by atoms with Crippen LogP contribution in [0, 0.1) is 5.92 Å². The fraction of sp³-hybridized carbons (Fsp3) is 0.333. The monoisotopic (exact) mass is 252 g/mol. The summed E-state index contributed by atoms with van der Waals surface area (Å²) >= 11 is 5.78. The van der Waals surface area contributed by atoms with Gasteiger partial charge in [-0.3, -0.25) is 9.59 Å². The molecule has 1 aliphatic heterocycles. The van der Waals surface area contributed by atoms with Crippen molar-refractivity contribution >= 4 is 23.4 Å². The molecule has 0 bridgehead atoms. The fourth-order valence-corrected chi connectivity index (χ4v) is 2.10. The highest BCUT2D eigenvalue weighted by molar-refractivity contribution is 6.30. The first-order chi connectivity index (χ1) is 8.08. The standard InChI is InChI=1S/C12H13ClN2O2/c13-9-3-1-8(2-4-9)7-15-6-5-10(11(14)16)12(15)17/h1-4,10H,5-7H2,(H2,14,16). The number of hydrogen-bond donors (Lipinski definition) is 1. The number of rotatable bonds is 3. The zero-order chi connectivity index (χ0) is 12.4. The number of primary amides is 1. The number of amides is 2. The molecule has 0 aliphatic carbocycles. The summed E-state index contributed by atoms with van der Waals surface area (Å²) in [6, 6.07) is 7.30. The third-order valence-corrected chi connectivity index (χ3v) is 3.18. The van der Waals surface area contributed by atoms with Crippen molar-refractivity contribution in [3.05, 3.63) is 34.9 Å². The van der Waals surface area contributed by atoms with Gasteiger partial charge in [0.15, 0.2) is 0 Å². The topological polar surface area (TPSA) is 63.4 Å². The zero-order valence-electron chi connectivity index (χ0n) is 9.23. The van der Waals surface area contributed by atoms with Crippen molar-refractivity contribution in [1.29, 1.82) is 0 Å². The molecule has 4 nitrogen and oxygen atoms in total. The van der Waals surface area contributed by atoms with Gasteiger partial charge in [0.2, 0.25) is 11.8 Å². The van der Waals surface area contributed by atoms with Crippen LogP contribution in [-0.2, 0) is 16.1 Å². The summed E-state index contributed by atoms with van der Waals surface area (Å²) in [6.07, 6.45) is 0.516. The molecule has 2 rings (SSSR count). The molecule has 2 amide bonds. The Bertz CT molecular complexity index is 444. The minimum Gasteiger partial charge on any atom is -0.369 e. The van der Waals surface area contributed by atoms with E-state index in [0.29, 0.717) is 24.5 Å². The van der Waals surface area contributed by atoms with Gasteiger partial charge in [-0.15, -0.1) is 0 Å². The molecule has 1 aromatic carbocycles. The van der Waals surface area contributed by atoms with Crippen molar-refractivity contribution in [2.24, 2.45) is 11.7 Å². The van der Waals surface area contributed by atoms with Crippen molar-refractivity contribution in [3.63, 3.8) is 0 Å². The molecule has 0 radical (unpaired) electrons. The normalized spacial score (nSPS) is 19.7. The highest BCUT2D eigenvalue weighted by Crippen LogP contribution is 2.20. The van der Waals surface area contributed by atoms with Crippen LogP contribution in [0.3, 0.4) is 0 Å². The van der Waals surface area contributed by atoms with E-state index in [1.807, 2.05) is 12.1 Å². The minimum atomic E-state index is -0.651. The number of carbonyl (C=O) groups is 2. The average molecular weight is 253 g/mol. The van der Waals surface area contributed by atoms with Crippen LogP contribution in [0.1, 0.15) is 12.0 Å². The maximum Gasteiger partial charge on any atom is 0.235 e.